The van der Waals surface area contributed by atoms with Gasteiger partial charge in [0.1, 0.15) is 0 Å². The molecule has 0 spiro atoms. The van der Waals surface area contributed by atoms with E-state index in [-0.39, 0.29) is 0 Å². The first-order chi connectivity index (χ1) is 6.77. The number of rotatable bonds is 2. The monoisotopic (exact) mass is 244 g/mol. The smallest absolute Gasteiger partial charge is 0.0496 e. The summed E-state index contributed by atoms with van der Waals surface area (Å²) < 4.78 is 1.24. The van der Waals surface area contributed by atoms with Crippen LogP contribution in [0.3, 0.4) is 0 Å². The summed E-state index contributed by atoms with van der Waals surface area (Å²) in [7, 11) is 0. The quantitative estimate of drug-likeness (QED) is 0.663. The standard InChI is InChI=1S/C11H10Cl2S/c1-2-9-7(6-12)11-8(13)4-3-5-10(11)14-9/h3-5H,2,6H2,1H3. The van der Waals surface area contributed by atoms with Gasteiger partial charge in [0.15, 0.2) is 0 Å². The van der Waals surface area contributed by atoms with Gasteiger partial charge in [-0.1, -0.05) is 24.6 Å². The minimum Gasteiger partial charge on any atom is -0.140 e. The average Bonchev–Trinajstić information content (AvgIpc) is 2.56. The fourth-order valence-corrected chi connectivity index (χ4v) is 3.55. The molecule has 0 fully saturated rings. The van der Waals surface area contributed by atoms with Gasteiger partial charge in [0, 0.05) is 25.9 Å². The maximum Gasteiger partial charge on any atom is 0.0496 e. The van der Waals surface area contributed by atoms with Gasteiger partial charge >= 0.3 is 0 Å². The third-order valence-electron chi connectivity index (χ3n) is 2.30. The third-order valence-corrected chi connectivity index (χ3v) is 4.23. The minimum atomic E-state index is 0.549. The number of fused-ring (bicyclic) bond motifs is 1. The fraction of sp³-hybridized carbons (Fsp3) is 0.273. The SMILES string of the molecule is CCc1sc2cccc(Cl)c2c1CCl. The number of alkyl halides is 1. The van der Waals surface area contributed by atoms with Gasteiger partial charge in [-0.15, -0.1) is 22.9 Å². The maximum absolute atomic E-state index is 6.16. The number of hydrogen-bond donors (Lipinski definition) is 0. The molecule has 0 aliphatic heterocycles. The van der Waals surface area contributed by atoms with E-state index in [9.17, 15) is 0 Å². The first kappa shape index (κ1) is 10.3. The van der Waals surface area contributed by atoms with Gasteiger partial charge in [0.05, 0.1) is 0 Å². The second-order valence-corrected chi connectivity index (χ2v) is 4.92. The van der Waals surface area contributed by atoms with Gasteiger partial charge in [-0.3, -0.25) is 0 Å². The summed E-state index contributed by atoms with van der Waals surface area (Å²) in [5, 5.41) is 1.96. The van der Waals surface area contributed by atoms with E-state index in [0.717, 1.165) is 16.8 Å². The van der Waals surface area contributed by atoms with Crippen LogP contribution in [0.1, 0.15) is 17.4 Å². The molecule has 0 atom stereocenters. The van der Waals surface area contributed by atoms with Gasteiger partial charge < -0.3 is 0 Å². The van der Waals surface area contributed by atoms with Gasteiger partial charge in [-0.25, -0.2) is 0 Å². The van der Waals surface area contributed by atoms with Crippen LogP contribution in [0.5, 0.6) is 0 Å². The van der Waals surface area contributed by atoms with Crippen molar-refractivity contribution >= 4 is 44.6 Å². The van der Waals surface area contributed by atoms with Crippen molar-refractivity contribution in [2.24, 2.45) is 0 Å². The van der Waals surface area contributed by atoms with Crippen molar-refractivity contribution in [3.05, 3.63) is 33.7 Å². The lowest BCUT2D eigenvalue weighted by Crippen LogP contribution is -1.82. The van der Waals surface area contributed by atoms with Crippen LogP contribution in [-0.4, -0.2) is 0 Å². The Hall–Kier alpha value is -0.240. The Morgan fingerprint density at radius 3 is 2.79 bits per heavy atom. The van der Waals surface area contributed by atoms with E-state index in [2.05, 4.69) is 13.0 Å². The summed E-state index contributed by atoms with van der Waals surface area (Å²) in [4.78, 5) is 1.35. The zero-order valence-corrected chi connectivity index (χ0v) is 10.1. The molecule has 0 aliphatic carbocycles. The van der Waals surface area contributed by atoms with Gasteiger partial charge in [0.2, 0.25) is 0 Å². The largest absolute Gasteiger partial charge is 0.140 e. The van der Waals surface area contributed by atoms with Crippen LogP contribution in [0.4, 0.5) is 0 Å². The molecule has 0 aliphatic rings. The van der Waals surface area contributed by atoms with Crippen molar-refractivity contribution in [3.8, 4) is 0 Å². The van der Waals surface area contributed by atoms with E-state index < -0.39 is 0 Å². The van der Waals surface area contributed by atoms with Crippen molar-refractivity contribution in [3.63, 3.8) is 0 Å². The summed E-state index contributed by atoms with van der Waals surface area (Å²) in [5.74, 6) is 0.549. The van der Waals surface area contributed by atoms with Crippen molar-refractivity contribution in [2.45, 2.75) is 19.2 Å². The zero-order valence-electron chi connectivity index (χ0n) is 7.81. The molecule has 1 aromatic heterocycles. The lowest BCUT2D eigenvalue weighted by molar-refractivity contribution is 1.16. The second kappa shape index (κ2) is 4.09. The molecule has 0 saturated carbocycles. The van der Waals surface area contributed by atoms with Crippen LogP contribution >= 0.6 is 34.5 Å². The summed E-state index contributed by atoms with van der Waals surface area (Å²) in [5.41, 5.74) is 1.21. The lowest BCUT2D eigenvalue weighted by atomic mass is 10.1. The van der Waals surface area contributed by atoms with Gasteiger partial charge in [-0.05, 0) is 24.1 Å². The molecule has 2 aromatic rings. The van der Waals surface area contributed by atoms with Crippen LogP contribution in [-0.2, 0) is 12.3 Å². The van der Waals surface area contributed by atoms with Gasteiger partial charge in [-0.2, -0.15) is 0 Å². The normalized spacial score (nSPS) is 11.1. The Labute approximate surface area is 97.5 Å². The van der Waals surface area contributed by atoms with Crippen molar-refractivity contribution in [2.75, 3.05) is 0 Å². The highest BCUT2D eigenvalue weighted by molar-refractivity contribution is 7.19. The Kier molecular flexibility index (Phi) is 3.01. The van der Waals surface area contributed by atoms with Crippen LogP contribution in [0.2, 0.25) is 5.02 Å². The van der Waals surface area contributed by atoms with E-state index >= 15 is 0 Å². The Balaban J connectivity index is 2.81. The van der Waals surface area contributed by atoms with Crippen molar-refractivity contribution < 1.29 is 0 Å². The van der Waals surface area contributed by atoms with Gasteiger partial charge in [0.25, 0.3) is 0 Å². The maximum atomic E-state index is 6.16. The summed E-state index contributed by atoms with van der Waals surface area (Å²) in [6.07, 6.45) is 1.03. The average molecular weight is 245 g/mol. The zero-order chi connectivity index (χ0) is 10.1. The number of hydrogen-bond acceptors (Lipinski definition) is 1. The third kappa shape index (κ3) is 1.54. The van der Waals surface area contributed by atoms with Crippen LogP contribution in [0.15, 0.2) is 18.2 Å². The highest BCUT2D eigenvalue weighted by Gasteiger charge is 2.11. The second-order valence-electron chi connectivity index (χ2n) is 3.10. The molecule has 0 radical (unpaired) electrons. The first-order valence-corrected chi connectivity index (χ1v) is 6.25. The number of aryl methyl sites for hydroxylation is 1. The molecule has 0 saturated heterocycles. The van der Waals surface area contributed by atoms with Crippen molar-refractivity contribution in [1.29, 1.82) is 0 Å². The molecular formula is C11H10Cl2S. The van der Waals surface area contributed by atoms with E-state index in [1.54, 1.807) is 11.3 Å². The minimum absolute atomic E-state index is 0.549. The Morgan fingerprint density at radius 1 is 1.36 bits per heavy atom. The fourth-order valence-electron chi connectivity index (χ4n) is 1.64. The van der Waals surface area contributed by atoms with E-state index in [4.69, 9.17) is 23.2 Å². The lowest BCUT2D eigenvalue weighted by Gasteiger charge is -1.98. The molecule has 3 heteroatoms. The summed E-state index contributed by atoms with van der Waals surface area (Å²) in [6.45, 7) is 2.15. The molecule has 2 rings (SSSR count). The number of halogens is 2. The molecular weight excluding hydrogens is 235 g/mol. The highest BCUT2D eigenvalue weighted by Crippen LogP contribution is 2.36. The first-order valence-electron chi connectivity index (χ1n) is 4.52. The molecule has 14 heavy (non-hydrogen) atoms. The topological polar surface area (TPSA) is 0 Å². The predicted molar refractivity (Wildman–Crippen MR) is 65.8 cm³/mol. The van der Waals surface area contributed by atoms with Crippen LogP contribution < -0.4 is 0 Å². The number of benzene rings is 1. The molecule has 0 N–H and O–H groups in total. The summed E-state index contributed by atoms with van der Waals surface area (Å²) >= 11 is 13.9. The van der Waals surface area contributed by atoms with E-state index in [1.165, 1.54) is 15.1 Å². The summed E-state index contributed by atoms with van der Waals surface area (Å²) in [6, 6.07) is 6.01. The molecule has 0 unspecified atom stereocenters. The molecule has 74 valence electrons. The number of thiophene rings is 1. The molecule has 0 bridgehead atoms. The Bertz CT molecular complexity index is 460. The van der Waals surface area contributed by atoms with E-state index in [0.29, 0.717) is 5.88 Å². The molecule has 0 amide bonds. The van der Waals surface area contributed by atoms with Crippen LogP contribution in [0.25, 0.3) is 10.1 Å². The predicted octanol–water partition coefficient (Wildman–Crippen LogP) is 4.86. The highest BCUT2D eigenvalue weighted by atomic mass is 35.5. The van der Waals surface area contributed by atoms with E-state index in [1.807, 2.05) is 12.1 Å². The van der Waals surface area contributed by atoms with Crippen LogP contribution in [0, 0.1) is 0 Å². The Morgan fingerprint density at radius 2 is 2.14 bits per heavy atom. The molecule has 1 aromatic carbocycles. The molecule has 1 heterocycles. The van der Waals surface area contributed by atoms with Crippen molar-refractivity contribution in [1.82, 2.24) is 0 Å². The molecule has 0 nitrogen and oxygen atoms in total.